The van der Waals surface area contributed by atoms with E-state index in [4.69, 9.17) is 9.52 Å². The van der Waals surface area contributed by atoms with Gasteiger partial charge in [0.25, 0.3) is 5.91 Å². The largest absolute Gasteiger partial charge is 0.478 e. The second-order valence-electron chi connectivity index (χ2n) is 3.96. The maximum atomic E-state index is 13.2. The lowest BCUT2D eigenvalue weighted by atomic mass is 10.1. The summed E-state index contributed by atoms with van der Waals surface area (Å²) < 4.78 is 31.1. The molecule has 0 atom stereocenters. The Balaban J connectivity index is 2.38. The highest BCUT2D eigenvalue weighted by atomic mass is 19.2. The number of amides is 1. The summed E-state index contributed by atoms with van der Waals surface area (Å²) in [5, 5.41) is 11.1. The van der Waals surface area contributed by atoms with E-state index >= 15 is 0 Å². The third-order valence-corrected chi connectivity index (χ3v) is 2.64. The summed E-state index contributed by atoms with van der Waals surface area (Å²) in [4.78, 5) is 22.8. The maximum Gasteiger partial charge on any atom is 0.337 e. The molecule has 2 N–H and O–H groups in total. The van der Waals surface area contributed by atoms with Crippen molar-refractivity contribution in [2.24, 2.45) is 0 Å². The Kier molecular flexibility index (Phi) is 3.51. The molecule has 0 unspecified atom stereocenters. The molecule has 1 heterocycles. The van der Waals surface area contributed by atoms with Gasteiger partial charge in [-0.1, -0.05) is 0 Å². The van der Waals surface area contributed by atoms with Crippen molar-refractivity contribution >= 4 is 17.6 Å². The van der Waals surface area contributed by atoms with Gasteiger partial charge < -0.3 is 14.8 Å². The molecule has 0 radical (unpaired) electrons. The van der Waals surface area contributed by atoms with Crippen molar-refractivity contribution in [2.75, 3.05) is 5.32 Å². The molecule has 7 heteroatoms. The van der Waals surface area contributed by atoms with E-state index in [0.29, 0.717) is 17.9 Å². The van der Waals surface area contributed by atoms with Crippen LogP contribution in [0.25, 0.3) is 0 Å². The summed E-state index contributed by atoms with van der Waals surface area (Å²) in [5.41, 5.74) is -0.702. The Hall–Kier alpha value is -2.70. The lowest BCUT2D eigenvalue weighted by molar-refractivity contribution is 0.0697. The monoisotopic (exact) mass is 281 g/mol. The highest BCUT2D eigenvalue weighted by Gasteiger charge is 2.19. The van der Waals surface area contributed by atoms with Crippen LogP contribution in [0.5, 0.6) is 0 Å². The summed E-state index contributed by atoms with van der Waals surface area (Å²) in [6.07, 6.45) is 1.29. The summed E-state index contributed by atoms with van der Waals surface area (Å²) in [6, 6.07) is 2.51. The number of carboxylic acids is 1. The highest BCUT2D eigenvalue weighted by molar-refractivity contribution is 6.08. The predicted molar refractivity (Wildman–Crippen MR) is 64.7 cm³/mol. The molecule has 0 bridgehead atoms. The van der Waals surface area contributed by atoms with Crippen molar-refractivity contribution in [1.82, 2.24) is 0 Å². The molecule has 0 saturated carbocycles. The van der Waals surface area contributed by atoms with Crippen molar-refractivity contribution in [3.8, 4) is 0 Å². The molecule has 0 fully saturated rings. The average Bonchev–Trinajstić information content (AvgIpc) is 2.79. The third kappa shape index (κ3) is 2.51. The third-order valence-electron chi connectivity index (χ3n) is 2.64. The number of rotatable bonds is 3. The molecule has 0 saturated heterocycles. The fraction of sp³-hybridized carbons (Fsp3) is 0.0769. The van der Waals surface area contributed by atoms with Gasteiger partial charge in [0.15, 0.2) is 11.6 Å². The van der Waals surface area contributed by atoms with E-state index < -0.39 is 29.1 Å². The zero-order chi connectivity index (χ0) is 14.9. The Morgan fingerprint density at radius 3 is 2.40 bits per heavy atom. The minimum absolute atomic E-state index is 0.172. The number of carbonyl (C=O) groups is 2. The molecule has 2 rings (SSSR count). The molecule has 0 aliphatic heterocycles. The molecule has 2 aromatic rings. The SMILES string of the molecule is Cc1occc1C(=O)Nc1cc(F)c(F)cc1C(=O)O. The Labute approximate surface area is 111 Å². The first kappa shape index (κ1) is 13.7. The molecular weight excluding hydrogens is 272 g/mol. The van der Waals surface area contributed by atoms with Crippen LogP contribution in [-0.4, -0.2) is 17.0 Å². The van der Waals surface area contributed by atoms with Gasteiger partial charge in [-0.3, -0.25) is 4.79 Å². The highest BCUT2D eigenvalue weighted by Crippen LogP contribution is 2.21. The summed E-state index contributed by atoms with van der Waals surface area (Å²) in [6.45, 7) is 1.54. The normalized spacial score (nSPS) is 10.3. The zero-order valence-electron chi connectivity index (χ0n) is 10.2. The van der Waals surface area contributed by atoms with Crippen molar-refractivity contribution < 1.29 is 27.9 Å². The summed E-state index contributed by atoms with van der Waals surface area (Å²) in [5.74, 6) is -4.40. The molecular formula is C13H9F2NO4. The van der Waals surface area contributed by atoms with Gasteiger partial charge in [-0.15, -0.1) is 0 Å². The van der Waals surface area contributed by atoms with Crippen molar-refractivity contribution in [1.29, 1.82) is 0 Å². The van der Waals surface area contributed by atoms with Crippen molar-refractivity contribution in [2.45, 2.75) is 6.92 Å². The van der Waals surface area contributed by atoms with E-state index in [2.05, 4.69) is 5.32 Å². The van der Waals surface area contributed by atoms with Gasteiger partial charge in [0.1, 0.15) is 5.76 Å². The van der Waals surface area contributed by atoms with E-state index in [0.717, 1.165) is 0 Å². The number of carbonyl (C=O) groups excluding carboxylic acids is 1. The number of nitrogens with one attached hydrogen (secondary N) is 1. The molecule has 5 nitrogen and oxygen atoms in total. The van der Waals surface area contributed by atoms with Gasteiger partial charge in [-0.25, -0.2) is 13.6 Å². The number of aryl methyl sites for hydroxylation is 1. The molecule has 104 valence electrons. The summed E-state index contributed by atoms with van der Waals surface area (Å²) >= 11 is 0. The lowest BCUT2D eigenvalue weighted by Crippen LogP contribution is -2.15. The van der Waals surface area contributed by atoms with Crippen molar-refractivity contribution in [3.63, 3.8) is 0 Å². The predicted octanol–water partition coefficient (Wildman–Crippen LogP) is 2.82. The topological polar surface area (TPSA) is 79.5 Å². The molecule has 20 heavy (non-hydrogen) atoms. The molecule has 0 aliphatic carbocycles. The van der Waals surface area contributed by atoms with E-state index in [1.54, 1.807) is 0 Å². The van der Waals surface area contributed by atoms with Gasteiger partial charge in [-0.05, 0) is 19.1 Å². The van der Waals surface area contributed by atoms with Gasteiger partial charge >= 0.3 is 5.97 Å². The summed E-state index contributed by atoms with van der Waals surface area (Å²) in [7, 11) is 0. The Morgan fingerprint density at radius 1 is 1.20 bits per heavy atom. The van der Waals surface area contributed by atoms with E-state index in [9.17, 15) is 18.4 Å². The first-order chi connectivity index (χ1) is 9.40. The van der Waals surface area contributed by atoms with Gasteiger partial charge in [0, 0.05) is 6.07 Å². The van der Waals surface area contributed by atoms with Crippen LogP contribution >= 0.6 is 0 Å². The number of hydrogen-bond acceptors (Lipinski definition) is 3. The number of hydrogen-bond donors (Lipinski definition) is 2. The average molecular weight is 281 g/mol. The second kappa shape index (κ2) is 5.12. The number of halogens is 2. The number of benzene rings is 1. The van der Waals surface area contributed by atoms with Crippen LogP contribution < -0.4 is 5.32 Å². The molecule has 1 amide bonds. The molecule has 0 aliphatic rings. The molecule has 0 spiro atoms. The van der Waals surface area contributed by atoms with Crippen LogP contribution in [-0.2, 0) is 0 Å². The molecule has 1 aromatic heterocycles. The number of carboxylic acid groups (broad SMARTS) is 1. The molecule has 1 aromatic carbocycles. The first-order valence-corrected chi connectivity index (χ1v) is 5.48. The second-order valence-corrected chi connectivity index (χ2v) is 3.96. The first-order valence-electron chi connectivity index (χ1n) is 5.48. The minimum atomic E-state index is -1.48. The van der Waals surface area contributed by atoms with Crippen LogP contribution in [0.3, 0.4) is 0 Å². The van der Waals surface area contributed by atoms with Gasteiger partial charge in [-0.2, -0.15) is 0 Å². The fourth-order valence-electron chi connectivity index (χ4n) is 1.64. The van der Waals surface area contributed by atoms with E-state index in [1.807, 2.05) is 0 Å². The van der Waals surface area contributed by atoms with Crippen LogP contribution in [0.1, 0.15) is 26.5 Å². The van der Waals surface area contributed by atoms with Crippen LogP contribution in [0.2, 0.25) is 0 Å². The number of anilines is 1. The van der Waals surface area contributed by atoms with Crippen molar-refractivity contribution in [3.05, 3.63) is 53.0 Å². The Bertz CT molecular complexity index is 694. The zero-order valence-corrected chi connectivity index (χ0v) is 10.2. The van der Waals surface area contributed by atoms with Gasteiger partial charge in [0.05, 0.1) is 23.1 Å². The number of furan rings is 1. The lowest BCUT2D eigenvalue weighted by Gasteiger charge is -2.08. The standard InChI is InChI=1S/C13H9F2NO4/c1-6-7(2-3-20-6)12(17)16-11-5-10(15)9(14)4-8(11)13(18)19/h2-5H,1H3,(H,16,17)(H,18,19). The minimum Gasteiger partial charge on any atom is -0.478 e. The van der Waals surface area contributed by atoms with Crippen LogP contribution in [0.4, 0.5) is 14.5 Å². The van der Waals surface area contributed by atoms with Crippen LogP contribution in [0.15, 0.2) is 28.9 Å². The smallest absolute Gasteiger partial charge is 0.337 e. The van der Waals surface area contributed by atoms with Crippen LogP contribution in [0, 0.1) is 18.6 Å². The quantitative estimate of drug-likeness (QED) is 0.906. The number of aromatic carboxylic acids is 1. The Morgan fingerprint density at radius 2 is 1.85 bits per heavy atom. The fourth-order valence-corrected chi connectivity index (χ4v) is 1.64. The van der Waals surface area contributed by atoms with Gasteiger partial charge in [0.2, 0.25) is 0 Å². The van der Waals surface area contributed by atoms with E-state index in [-0.39, 0.29) is 11.3 Å². The maximum absolute atomic E-state index is 13.2. The van der Waals surface area contributed by atoms with E-state index in [1.165, 1.54) is 19.3 Å².